The Morgan fingerprint density at radius 3 is 2.00 bits per heavy atom. The van der Waals surface area contributed by atoms with Crippen LogP contribution in [0.2, 0.25) is 0 Å². The molecule has 0 nitrogen and oxygen atoms in total. The van der Waals surface area contributed by atoms with Gasteiger partial charge in [0, 0.05) is 13.3 Å². The zero-order valence-electron chi connectivity index (χ0n) is 5.23. The lowest BCUT2D eigenvalue weighted by atomic mass is 10.1. The summed E-state index contributed by atoms with van der Waals surface area (Å²) in [7, 11) is 0. The summed E-state index contributed by atoms with van der Waals surface area (Å²) < 4.78 is 0. The lowest BCUT2D eigenvalue weighted by molar-refractivity contribution is 0.687. The smallest absolute Gasteiger partial charge is 0.0623 e. The second-order valence-corrected chi connectivity index (χ2v) is 3.10. The number of rotatable bonds is 2. The summed E-state index contributed by atoms with van der Waals surface area (Å²) in [5, 5.41) is 0. The van der Waals surface area contributed by atoms with E-state index >= 15 is 0 Å². The van der Waals surface area contributed by atoms with E-state index in [1.807, 2.05) is 6.92 Å². The van der Waals surface area contributed by atoms with E-state index in [1.165, 1.54) is 4.86 Å². The van der Waals surface area contributed by atoms with E-state index in [9.17, 15) is 0 Å². The van der Waals surface area contributed by atoms with Crippen molar-refractivity contribution in [2.45, 2.75) is 27.2 Å². The molecular weight excluding hydrogens is 104 g/mol. The third-order valence-electron chi connectivity index (χ3n) is 0.704. The van der Waals surface area contributed by atoms with Crippen LogP contribution in [0.3, 0.4) is 0 Å². The maximum Gasteiger partial charge on any atom is 0.173 e. The Morgan fingerprint density at radius 1 is 1.57 bits per heavy atom. The zero-order chi connectivity index (χ0) is 5.86. The molecule has 0 aromatic heterocycles. The molecule has 0 heterocycles. The van der Waals surface area contributed by atoms with Crippen molar-refractivity contribution in [3.05, 3.63) is 0 Å². The van der Waals surface area contributed by atoms with E-state index < -0.39 is 0 Å². The summed E-state index contributed by atoms with van der Waals surface area (Å²) in [4.78, 5) is 1.23. The Balaban J connectivity index is 3.13. The molecule has 0 radical (unpaired) electrons. The van der Waals surface area contributed by atoms with Gasteiger partial charge in [0.25, 0.3) is 0 Å². The first kappa shape index (κ1) is 7.09. The van der Waals surface area contributed by atoms with Gasteiger partial charge < -0.3 is 0 Å². The Hall–Kier alpha value is 0.0900. The van der Waals surface area contributed by atoms with Gasteiger partial charge in [-0.3, -0.25) is 0 Å². The van der Waals surface area contributed by atoms with Gasteiger partial charge in [-0.1, -0.05) is 13.8 Å². The van der Waals surface area contributed by atoms with Crippen molar-refractivity contribution in [3.63, 3.8) is 0 Å². The largest absolute Gasteiger partial charge is 0.173 e. The fraction of sp³-hybridized carbons (Fsp3) is 0.833. The Kier molecular flexibility index (Phi) is 3.18. The van der Waals surface area contributed by atoms with E-state index in [4.69, 9.17) is 0 Å². The maximum atomic E-state index is 4.15. The third kappa shape index (κ3) is 6.09. The van der Waals surface area contributed by atoms with E-state index in [2.05, 4.69) is 26.1 Å². The lowest BCUT2D eigenvalue weighted by Crippen LogP contribution is -1.94. The molecule has 0 bridgehead atoms. The van der Waals surface area contributed by atoms with Crippen molar-refractivity contribution in [2.24, 2.45) is 5.92 Å². The average Bonchev–Trinajstić information content (AvgIpc) is 1.27. The SMILES string of the molecule is CC(=[SH+])CC(C)C. The van der Waals surface area contributed by atoms with Crippen LogP contribution in [0.1, 0.15) is 27.2 Å². The summed E-state index contributed by atoms with van der Waals surface area (Å²) in [5.41, 5.74) is 0. The topological polar surface area (TPSA) is 0 Å². The predicted octanol–water partition coefficient (Wildman–Crippen LogP) is 1.50. The quantitative estimate of drug-likeness (QED) is 0.292. The van der Waals surface area contributed by atoms with Gasteiger partial charge in [-0.25, -0.2) is 0 Å². The third-order valence-corrected chi connectivity index (χ3v) is 0.886. The van der Waals surface area contributed by atoms with Gasteiger partial charge in [-0.05, 0) is 5.92 Å². The molecule has 0 saturated carbocycles. The molecule has 0 aliphatic rings. The molecule has 0 unspecified atom stereocenters. The van der Waals surface area contributed by atoms with Crippen LogP contribution in [0.5, 0.6) is 0 Å². The maximum absolute atomic E-state index is 4.15. The van der Waals surface area contributed by atoms with Crippen LogP contribution in [0.4, 0.5) is 0 Å². The highest BCUT2D eigenvalue weighted by Gasteiger charge is 1.98. The van der Waals surface area contributed by atoms with Crippen molar-refractivity contribution < 1.29 is 0 Å². The molecule has 7 heavy (non-hydrogen) atoms. The number of hydrogen-bond acceptors (Lipinski definition) is 0. The second-order valence-electron chi connectivity index (χ2n) is 2.33. The molecule has 0 aliphatic heterocycles. The molecule has 0 aromatic rings. The van der Waals surface area contributed by atoms with Gasteiger partial charge in [0.1, 0.15) is 0 Å². The molecule has 0 saturated heterocycles. The molecule has 0 rings (SSSR count). The molecule has 0 aromatic carbocycles. The first-order valence-electron chi connectivity index (χ1n) is 2.64. The molecule has 0 aliphatic carbocycles. The molecular formula is C6H13S+. The normalized spacial score (nSPS) is 9.71. The molecule has 0 fully saturated rings. The summed E-state index contributed by atoms with van der Waals surface area (Å²) >= 11 is 4.15. The monoisotopic (exact) mass is 117 g/mol. The highest BCUT2D eigenvalue weighted by atomic mass is 32.1. The van der Waals surface area contributed by atoms with Crippen molar-refractivity contribution in [2.75, 3.05) is 0 Å². The van der Waals surface area contributed by atoms with Gasteiger partial charge in [0.05, 0.1) is 0 Å². The highest BCUT2D eigenvalue weighted by Crippen LogP contribution is 1.98. The Labute approximate surface area is 50.9 Å². The van der Waals surface area contributed by atoms with Gasteiger partial charge in [0.2, 0.25) is 0 Å². The summed E-state index contributed by atoms with van der Waals surface area (Å²) in [6, 6.07) is 0. The predicted molar refractivity (Wildman–Crippen MR) is 38.9 cm³/mol. The minimum Gasteiger partial charge on any atom is -0.0623 e. The molecule has 0 amide bonds. The molecule has 0 spiro atoms. The number of thiol groups is 1. The van der Waals surface area contributed by atoms with Crippen LogP contribution in [0.15, 0.2) is 0 Å². The first-order valence-corrected chi connectivity index (χ1v) is 3.09. The molecule has 1 heteroatoms. The number of hydrogen-bond donors (Lipinski definition) is 0. The van der Waals surface area contributed by atoms with Crippen LogP contribution < -0.4 is 0 Å². The minimum absolute atomic E-state index is 0.762. The van der Waals surface area contributed by atoms with Crippen LogP contribution in [0, 0.1) is 5.92 Å². The van der Waals surface area contributed by atoms with Gasteiger partial charge in [0.15, 0.2) is 17.1 Å². The van der Waals surface area contributed by atoms with Crippen LogP contribution >= 0.6 is 0 Å². The van der Waals surface area contributed by atoms with Crippen LogP contribution in [-0.4, -0.2) is 4.86 Å². The van der Waals surface area contributed by atoms with E-state index in [0.717, 1.165) is 12.3 Å². The minimum atomic E-state index is 0.762. The lowest BCUT2D eigenvalue weighted by Gasteiger charge is -1.93. The zero-order valence-corrected chi connectivity index (χ0v) is 6.13. The molecule has 0 atom stereocenters. The Morgan fingerprint density at radius 2 is 2.00 bits per heavy atom. The fourth-order valence-corrected chi connectivity index (χ4v) is 0.956. The first-order chi connectivity index (χ1) is 3.13. The average molecular weight is 117 g/mol. The van der Waals surface area contributed by atoms with Crippen molar-refractivity contribution in [1.82, 2.24) is 0 Å². The standard InChI is InChI=1S/C6H12S/c1-5(2)4-6(3)7/h5H,4H2,1-3H3/p+1. The van der Waals surface area contributed by atoms with Gasteiger partial charge in [-0.2, -0.15) is 0 Å². The van der Waals surface area contributed by atoms with E-state index in [0.29, 0.717) is 0 Å². The highest BCUT2D eigenvalue weighted by molar-refractivity contribution is 7.59. The van der Waals surface area contributed by atoms with E-state index in [-0.39, 0.29) is 0 Å². The molecule has 42 valence electrons. The van der Waals surface area contributed by atoms with Crippen molar-refractivity contribution in [1.29, 1.82) is 0 Å². The van der Waals surface area contributed by atoms with Crippen LogP contribution in [0.25, 0.3) is 0 Å². The van der Waals surface area contributed by atoms with Crippen molar-refractivity contribution in [3.8, 4) is 0 Å². The van der Waals surface area contributed by atoms with Gasteiger partial charge in [-0.15, -0.1) is 0 Å². The van der Waals surface area contributed by atoms with Crippen molar-refractivity contribution >= 4 is 17.1 Å². The summed E-state index contributed by atoms with van der Waals surface area (Å²) in [5.74, 6) is 0.762. The fourth-order valence-electron chi connectivity index (χ4n) is 0.591. The van der Waals surface area contributed by atoms with Gasteiger partial charge >= 0.3 is 0 Å². The summed E-state index contributed by atoms with van der Waals surface area (Å²) in [6.45, 7) is 6.43. The second kappa shape index (κ2) is 3.14. The summed E-state index contributed by atoms with van der Waals surface area (Å²) in [6.07, 6.45) is 1.14. The molecule has 0 N–H and O–H groups in total. The van der Waals surface area contributed by atoms with Crippen LogP contribution in [-0.2, 0) is 12.2 Å². The Bertz CT molecular complexity index is 64.6. The van der Waals surface area contributed by atoms with E-state index in [1.54, 1.807) is 0 Å².